The SMILES string of the molecule is O=C(NCc1ccc(C(=O)c2cccs2)s1)c1cc(-c2ccccc2)on1. The lowest BCUT2D eigenvalue weighted by molar-refractivity contribution is 0.0941. The summed E-state index contributed by atoms with van der Waals surface area (Å²) in [5.41, 5.74) is 1.08. The van der Waals surface area contributed by atoms with Gasteiger partial charge in [0.2, 0.25) is 5.78 Å². The average molecular weight is 394 g/mol. The van der Waals surface area contributed by atoms with E-state index in [4.69, 9.17) is 4.52 Å². The third-order valence-corrected chi connectivity index (χ3v) is 5.81. The van der Waals surface area contributed by atoms with Gasteiger partial charge in [-0.15, -0.1) is 22.7 Å². The molecule has 4 aromatic rings. The van der Waals surface area contributed by atoms with Crippen molar-refractivity contribution in [1.29, 1.82) is 0 Å². The molecule has 3 heterocycles. The van der Waals surface area contributed by atoms with Gasteiger partial charge in [-0.25, -0.2) is 0 Å². The maximum absolute atomic E-state index is 12.3. The summed E-state index contributed by atoms with van der Waals surface area (Å²) >= 11 is 2.80. The largest absolute Gasteiger partial charge is 0.355 e. The lowest BCUT2D eigenvalue weighted by Gasteiger charge is -1.99. The van der Waals surface area contributed by atoms with E-state index in [2.05, 4.69) is 10.5 Å². The quantitative estimate of drug-likeness (QED) is 0.484. The molecule has 27 heavy (non-hydrogen) atoms. The van der Waals surface area contributed by atoms with E-state index in [1.54, 1.807) is 12.1 Å². The highest BCUT2D eigenvalue weighted by atomic mass is 32.1. The van der Waals surface area contributed by atoms with Gasteiger partial charge in [-0.2, -0.15) is 0 Å². The molecule has 1 amide bonds. The van der Waals surface area contributed by atoms with Gasteiger partial charge in [0, 0.05) is 16.5 Å². The number of hydrogen-bond donors (Lipinski definition) is 1. The Bertz CT molecular complexity index is 1070. The van der Waals surface area contributed by atoms with Crippen LogP contribution in [0.4, 0.5) is 0 Å². The van der Waals surface area contributed by atoms with Crippen LogP contribution >= 0.6 is 22.7 Å². The molecule has 0 fully saturated rings. The molecule has 0 aliphatic rings. The van der Waals surface area contributed by atoms with Crippen LogP contribution in [0.15, 0.2) is 70.6 Å². The first-order chi connectivity index (χ1) is 13.2. The van der Waals surface area contributed by atoms with Gasteiger partial charge in [-0.3, -0.25) is 9.59 Å². The van der Waals surface area contributed by atoms with Crippen LogP contribution in [-0.4, -0.2) is 16.8 Å². The summed E-state index contributed by atoms with van der Waals surface area (Å²) in [4.78, 5) is 26.9. The van der Waals surface area contributed by atoms with Crippen LogP contribution in [0.1, 0.15) is 29.9 Å². The van der Waals surface area contributed by atoms with Crippen LogP contribution in [0.5, 0.6) is 0 Å². The number of amides is 1. The highest BCUT2D eigenvalue weighted by Gasteiger charge is 2.15. The van der Waals surface area contributed by atoms with Crippen LogP contribution in [-0.2, 0) is 6.54 Å². The molecule has 0 bridgehead atoms. The zero-order valence-electron chi connectivity index (χ0n) is 14.0. The van der Waals surface area contributed by atoms with Gasteiger partial charge in [0.25, 0.3) is 5.91 Å². The Hall–Kier alpha value is -3.03. The zero-order valence-corrected chi connectivity index (χ0v) is 15.7. The minimum absolute atomic E-state index is 0.0107. The summed E-state index contributed by atoms with van der Waals surface area (Å²) < 4.78 is 5.25. The van der Waals surface area contributed by atoms with Gasteiger partial charge >= 0.3 is 0 Å². The summed E-state index contributed by atoms with van der Waals surface area (Å²) in [6.07, 6.45) is 0. The summed E-state index contributed by atoms with van der Waals surface area (Å²) in [6, 6.07) is 18.4. The van der Waals surface area contributed by atoms with Crippen molar-refractivity contribution in [1.82, 2.24) is 10.5 Å². The molecular weight excluding hydrogens is 380 g/mol. The molecule has 0 saturated carbocycles. The first kappa shape index (κ1) is 17.4. The van der Waals surface area contributed by atoms with E-state index in [0.717, 1.165) is 10.4 Å². The second-order valence-corrected chi connectivity index (χ2v) is 7.81. The maximum Gasteiger partial charge on any atom is 0.273 e. The van der Waals surface area contributed by atoms with E-state index in [-0.39, 0.29) is 17.4 Å². The monoisotopic (exact) mass is 394 g/mol. The van der Waals surface area contributed by atoms with Crippen molar-refractivity contribution in [3.05, 3.63) is 86.4 Å². The van der Waals surface area contributed by atoms with Gasteiger partial charge in [0.15, 0.2) is 11.5 Å². The Morgan fingerprint density at radius 2 is 1.85 bits per heavy atom. The molecule has 7 heteroatoms. The summed E-state index contributed by atoms with van der Waals surface area (Å²) in [5.74, 6) is 0.234. The molecule has 1 N–H and O–H groups in total. The number of rotatable bonds is 6. The fourth-order valence-corrected chi connectivity index (χ4v) is 4.15. The molecule has 0 radical (unpaired) electrons. The van der Waals surface area contributed by atoms with Gasteiger partial charge in [0.05, 0.1) is 16.3 Å². The van der Waals surface area contributed by atoms with Crippen molar-refractivity contribution in [3.8, 4) is 11.3 Å². The molecule has 0 unspecified atom stereocenters. The predicted octanol–water partition coefficient (Wildman–Crippen LogP) is 4.63. The van der Waals surface area contributed by atoms with E-state index in [1.807, 2.05) is 53.9 Å². The number of aromatic nitrogens is 1. The molecule has 4 rings (SSSR count). The van der Waals surface area contributed by atoms with Gasteiger partial charge in [-0.05, 0) is 23.6 Å². The van der Waals surface area contributed by atoms with Crippen molar-refractivity contribution in [2.75, 3.05) is 0 Å². The van der Waals surface area contributed by atoms with Crippen molar-refractivity contribution < 1.29 is 14.1 Å². The Morgan fingerprint density at radius 3 is 2.63 bits per heavy atom. The van der Waals surface area contributed by atoms with Crippen molar-refractivity contribution in [2.45, 2.75) is 6.54 Å². The lowest BCUT2D eigenvalue weighted by atomic mass is 10.1. The standard InChI is InChI=1S/C20H14N2O3S2/c23-19(17-7-4-10-26-17)18-9-8-14(27-18)12-21-20(24)15-11-16(25-22-15)13-5-2-1-3-6-13/h1-11H,12H2,(H,21,24). The van der Waals surface area contributed by atoms with Crippen LogP contribution in [0.3, 0.4) is 0 Å². The molecule has 3 aromatic heterocycles. The van der Waals surface area contributed by atoms with Crippen LogP contribution in [0.2, 0.25) is 0 Å². The molecule has 1 aromatic carbocycles. The van der Waals surface area contributed by atoms with Crippen LogP contribution in [0.25, 0.3) is 11.3 Å². The first-order valence-corrected chi connectivity index (χ1v) is 9.87. The van der Waals surface area contributed by atoms with E-state index in [1.165, 1.54) is 22.7 Å². The highest BCUT2D eigenvalue weighted by Crippen LogP contribution is 2.23. The molecule has 0 saturated heterocycles. The van der Waals surface area contributed by atoms with E-state index >= 15 is 0 Å². The lowest BCUT2D eigenvalue weighted by Crippen LogP contribution is -2.22. The number of carbonyl (C=O) groups excluding carboxylic acids is 2. The zero-order chi connectivity index (χ0) is 18.6. The van der Waals surface area contributed by atoms with Crippen molar-refractivity contribution >= 4 is 34.4 Å². The fourth-order valence-electron chi connectivity index (χ4n) is 2.50. The third kappa shape index (κ3) is 3.89. The van der Waals surface area contributed by atoms with Gasteiger partial charge in [-0.1, -0.05) is 41.6 Å². The van der Waals surface area contributed by atoms with E-state index in [9.17, 15) is 9.59 Å². The molecular formula is C20H14N2O3S2. The normalized spacial score (nSPS) is 10.7. The molecule has 0 atom stereocenters. The Morgan fingerprint density at radius 1 is 1.00 bits per heavy atom. The fraction of sp³-hybridized carbons (Fsp3) is 0.0500. The Labute approximate surface area is 163 Å². The molecule has 134 valence electrons. The van der Waals surface area contributed by atoms with Crippen LogP contribution < -0.4 is 5.32 Å². The van der Waals surface area contributed by atoms with Gasteiger partial charge < -0.3 is 9.84 Å². The number of benzene rings is 1. The van der Waals surface area contributed by atoms with Crippen molar-refractivity contribution in [2.24, 2.45) is 0 Å². The number of ketones is 1. The average Bonchev–Trinajstić information content (AvgIpc) is 3.48. The highest BCUT2D eigenvalue weighted by molar-refractivity contribution is 7.16. The van der Waals surface area contributed by atoms with Crippen molar-refractivity contribution in [3.63, 3.8) is 0 Å². The predicted molar refractivity (Wildman–Crippen MR) is 105 cm³/mol. The molecule has 0 spiro atoms. The van der Waals surface area contributed by atoms with Gasteiger partial charge in [0.1, 0.15) is 0 Å². The molecule has 0 aliphatic heterocycles. The van der Waals surface area contributed by atoms with E-state index < -0.39 is 0 Å². The number of thiophene rings is 2. The van der Waals surface area contributed by atoms with Crippen LogP contribution in [0, 0.1) is 0 Å². The summed E-state index contributed by atoms with van der Waals surface area (Å²) in [6.45, 7) is 0.328. The second-order valence-electron chi connectivity index (χ2n) is 5.70. The number of hydrogen-bond acceptors (Lipinski definition) is 6. The maximum atomic E-state index is 12.3. The van der Waals surface area contributed by atoms with E-state index in [0.29, 0.717) is 22.1 Å². The smallest absolute Gasteiger partial charge is 0.273 e. The minimum Gasteiger partial charge on any atom is -0.355 e. The number of nitrogens with zero attached hydrogens (tertiary/aromatic N) is 1. The first-order valence-electron chi connectivity index (χ1n) is 8.18. The third-order valence-electron chi connectivity index (χ3n) is 3.85. The summed E-state index contributed by atoms with van der Waals surface area (Å²) in [5, 5.41) is 8.52. The number of carbonyl (C=O) groups is 2. The topological polar surface area (TPSA) is 72.2 Å². The Balaban J connectivity index is 1.39. The molecule has 5 nitrogen and oxygen atoms in total. The molecule has 0 aliphatic carbocycles. The summed E-state index contributed by atoms with van der Waals surface area (Å²) in [7, 11) is 0. The Kier molecular flexibility index (Phi) is 4.95. The minimum atomic E-state index is -0.319. The second kappa shape index (κ2) is 7.69. The number of nitrogens with one attached hydrogen (secondary N) is 1.